The molecule has 0 N–H and O–H groups in total. The first-order valence-electron chi connectivity index (χ1n) is 4.73. The molecule has 0 amide bonds. The Labute approximate surface area is 75.8 Å². The quantitative estimate of drug-likeness (QED) is 0.569. The van der Waals surface area contributed by atoms with Gasteiger partial charge in [-0.25, -0.2) is 0 Å². The molecule has 0 radical (unpaired) electrons. The number of hydrogen-bond donors (Lipinski definition) is 0. The van der Waals surface area contributed by atoms with E-state index in [4.69, 9.17) is 0 Å². The third kappa shape index (κ3) is 1.90. The van der Waals surface area contributed by atoms with Crippen molar-refractivity contribution in [1.82, 2.24) is 4.90 Å². The van der Waals surface area contributed by atoms with Gasteiger partial charge in [-0.3, -0.25) is 0 Å². The molecule has 0 spiro atoms. The van der Waals surface area contributed by atoms with Crippen molar-refractivity contribution in [3.05, 3.63) is 24.9 Å². The Morgan fingerprint density at radius 2 is 2.08 bits per heavy atom. The minimum absolute atomic E-state index is 0.645. The van der Waals surface area contributed by atoms with Crippen LogP contribution in [0, 0.1) is 5.92 Å². The van der Waals surface area contributed by atoms with E-state index in [2.05, 4.69) is 31.9 Å². The van der Waals surface area contributed by atoms with E-state index in [1.165, 1.54) is 12.8 Å². The topological polar surface area (TPSA) is 3.24 Å². The highest BCUT2D eigenvalue weighted by atomic mass is 15.2. The number of hydrogen-bond acceptors (Lipinski definition) is 1. The maximum atomic E-state index is 3.99. The SMILES string of the molecule is C=CC(=C)N1CC(C)CCC1C. The van der Waals surface area contributed by atoms with Crippen LogP contribution in [0.2, 0.25) is 0 Å². The predicted molar refractivity (Wildman–Crippen MR) is 53.9 cm³/mol. The van der Waals surface area contributed by atoms with Crippen molar-refractivity contribution in [3.8, 4) is 0 Å². The molecule has 0 aromatic heterocycles. The van der Waals surface area contributed by atoms with Gasteiger partial charge >= 0.3 is 0 Å². The first-order chi connectivity index (χ1) is 5.65. The molecule has 0 aromatic rings. The molecule has 2 atom stereocenters. The summed E-state index contributed by atoms with van der Waals surface area (Å²) in [6, 6.07) is 0.645. The zero-order valence-corrected chi connectivity index (χ0v) is 8.21. The lowest BCUT2D eigenvalue weighted by molar-refractivity contribution is 0.171. The molecule has 2 unspecified atom stereocenters. The number of likely N-dealkylation sites (tertiary alicyclic amines) is 1. The van der Waals surface area contributed by atoms with Crippen molar-refractivity contribution in [1.29, 1.82) is 0 Å². The summed E-state index contributed by atoms with van der Waals surface area (Å²) in [6.45, 7) is 13.5. The predicted octanol–water partition coefficient (Wildman–Crippen LogP) is 2.81. The smallest absolute Gasteiger partial charge is 0.0289 e. The molecule has 1 aliphatic heterocycles. The summed E-state index contributed by atoms with van der Waals surface area (Å²) in [5.41, 5.74) is 1.08. The van der Waals surface area contributed by atoms with Gasteiger partial charge in [-0.1, -0.05) is 20.1 Å². The zero-order valence-electron chi connectivity index (χ0n) is 8.21. The van der Waals surface area contributed by atoms with Gasteiger partial charge in [0.15, 0.2) is 0 Å². The van der Waals surface area contributed by atoms with Gasteiger partial charge in [0.1, 0.15) is 0 Å². The fraction of sp³-hybridized carbons (Fsp3) is 0.636. The van der Waals surface area contributed by atoms with E-state index in [1.54, 1.807) is 0 Å². The zero-order chi connectivity index (χ0) is 9.14. The van der Waals surface area contributed by atoms with Gasteiger partial charge in [-0.15, -0.1) is 0 Å². The summed E-state index contributed by atoms with van der Waals surface area (Å²) < 4.78 is 0. The highest BCUT2D eigenvalue weighted by Gasteiger charge is 2.22. The minimum atomic E-state index is 0.645. The van der Waals surface area contributed by atoms with Crippen molar-refractivity contribution >= 4 is 0 Å². The molecule has 12 heavy (non-hydrogen) atoms. The lowest BCUT2D eigenvalue weighted by Gasteiger charge is -2.38. The summed E-state index contributed by atoms with van der Waals surface area (Å²) in [7, 11) is 0. The number of allylic oxidation sites excluding steroid dienone is 1. The van der Waals surface area contributed by atoms with Gasteiger partial charge in [0, 0.05) is 18.3 Å². The second-order valence-corrected chi connectivity index (χ2v) is 3.88. The largest absolute Gasteiger partial charge is 0.369 e. The minimum Gasteiger partial charge on any atom is -0.369 e. The van der Waals surface area contributed by atoms with Crippen LogP contribution < -0.4 is 0 Å². The molecule has 1 saturated heterocycles. The van der Waals surface area contributed by atoms with Crippen molar-refractivity contribution in [2.45, 2.75) is 32.7 Å². The van der Waals surface area contributed by atoms with E-state index in [0.717, 1.165) is 18.2 Å². The fourth-order valence-corrected chi connectivity index (χ4v) is 1.81. The summed E-state index contributed by atoms with van der Waals surface area (Å²) in [5.74, 6) is 0.804. The highest BCUT2D eigenvalue weighted by Crippen LogP contribution is 2.24. The molecule has 1 heterocycles. The molecule has 1 nitrogen and oxygen atoms in total. The van der Waals surface area contributed by atoms with E-state index < -0.39 is 0 Å². The molecule has 68 valence electrons. The molecule has 0 saturated carbocycles. The third-order valence-electron chi connectivity index (χ3n) is 2.72. The second kappa shape index (κ2) is 3.79. The van der Waals surface area contributed by atoms with E-state index in [0.29, 0.717) is 6.04 Å². The van der Waals surface area contributed by atoms with Gasteiger partial charge in [-0.05, 0) is 31.8 Å². The van der Waals surface area contributed by atoms with Crippen LogP contribution in [0.1, 0.15) is 26.7 Å². The third-order valence-corrected chi connectivity index (χ3v) is 2.72. The van der Waals surface area contributed by atoms with Gasteiger partial charge in [0.25, 0.3) is 0 Å². The van der Waals surface area contributed by atoms with Crippen molar-refractivity contribution < 1.29 is 0 Å². The van der Waals surface area contributed by atoms with Gasteiger partial charge in [0.2, 0.25) is 0 Å². The average molecular weight is 165 g/mol. The van der Waals surface area contributed by atoms with E-state index in [-0.39, 0.29) is 0 Å². The molecule has 1 fully saturated rings. The van der Waals surface area contributed by atoms with Crippen LogP contribution in [0.25, 0.3) is 0 Å². The standard InChI is InChI=1S/C11H19N/c1-5-10(3)12-8-9(2)6-7-11(12)4/h5,9,11H,1,3,6-8H2,2,4H3. The van der Waals surface area contributed by atoms with Crippen LogP contribution in [0.5, 0.6) is 0 Å². The molecule has 0 aliphatic carbocycles. The normalized spacial score (nSPS) is 30.0. The number of rotatable bonds is 2. The van der Waals surface area contributed by atoms with Crippen LogP contribution >= 0.6 is 0 Å². The Morgan fingerprint density at radius 3 is 2.67 bits per heavy atom. The second-order valence-electron chi connectivity index (χ2n) is 3.88. The lowest BCUT2D eigenvalue weighted by atomic mass is 9.94. The molecular formula is C11H19N. The summed E-state index contributed by atoms with van der Waals surface area (Å²) in [6.07, 6.45) is 4.49. The fourth-order valence-electron chi connectivity index (χ4n) is 1.81. The van der Waals surface area contributed by atoms with E-state index in [9.17, 15) is 0 Å². The summed E-state index contributed by atoms with van der Waals surface area (Å²) in [5, 5.41) is 0. The van der Waals surface area contributed by atoms with Gasteiger partial charge in [0.05, 0.1) is 0 Å². The molecule has 0 aromatic carbocycles. The van der Waals surface area contributed by atoms with E-state index >= 15 is 0 Å². The van der Waals surface area contributed by atoms with Crippen LogP contribution in [0.4, 0.5) is 0 Å². The Kier molecular flexibility index (Phi) is 2.96. The first kappa shape index (κ1) is 9.37. The Bertz CT molecular complexity index is 183. The van der Waals surface area contributed by atoms with Crippen LogP contribution in [0.15, 0.2) is 24.9 Å². The molecule has 0 bridgehead atoms. The molecular weight excluding hydrogens is 146 g/mol. The lowest BCUT2D eigenvalue weighted by Crippen LogP contribution is -2.39. The summed E-state index contributed by atoms with van der Waals surface area (Å²) in [4.78, 5) is 2.36. The maximum absolute atomic E-state index is 3.99. The van der Waals surface area contributed by atoms with Crippen molar-refractivity contribution in [2.24, 2.45) is 5.92 Å². The van der Waals surface area contributed by atoms with Crippen molar-refractivity contribution in [3.63, 3.8) is 0 Å². The summed E-state index contributed by atoms with van der Waals surface area (Å²) >= 11 is 0. The first-order valence-corrected chi connectivity index (χ1v) is 4.73. The van der Waals surface area contributed by atoms with Crippen LogP contribution in [-0.4, -0.2) is 17.5 Å². The van der Waals surface area contributed by atoms with Gasteiger partial charge in [-0.2, -0.15) is 0 Å². The average Bonchev–Trinajstić information content (AvgIpc) is 2.08. The number of nitrogens with zero attached hydrogens (tertiary/aromatic N) is 1. The van der Waals surface area contributed by atoms with Crippen molar-refractivity contribution in [2.75, 3.05) is 6.54 Å². The maximum Gasteiger partial charge on any atom is 0.0289 e. The van der Waals surface area contributed by atoms with E-state index in [1.807, 2.05) is 6.08 Å². The van der Waals surface area contributed by atoms with Crippen LogP contribution in [0.3, 0.4) is 0 Å². The highest BCUT2D eigenvalue weighted by molar-refractivity contribution is 5.11. The Balaban J connectivity index is 2.60. The monoisotopic (exact) mass is 165 g/mol. The molecule has 1 aliphatic rings. The van der Waals surface area contributed by atoms with Crippen LogP contribution in [-0.2, 0) is 0 Å². The molecule has 1 rings (SSSR count). The molecule has 1 heteroatoms. The Hall–Kier alpha value is -0.720. The number of piperidine rings is 1. The van der Waals surface area contributed by atoms with Gasteiger partial charge < -0.3 is 4.90 Å². The Morgan fingerprint density at radius 1 is 1.42 bits per heavy atom.